The summed E-state index contributed by atoms with van der Waals surface area (Å²) in [4.78, 5) is 12.4. The predicted octanol–water partition coefficient (Wildman–Crippen LogP) is 3.26. The average Bonchev–Trinajstić information content (AvgIpc) is 2.54. The van der Waals surface area contributed by atoms with E-state index in [-0.39, 0.29) is 11.9 Å². The number of nitrogens with one attached hydrogen (secondary N) is 1. The lowest BCUT2D eigenvalue weighted by molar-refractivity contribution is 0.0938. The van der Waals surface area contributed by atoms with Gasteiger partial charge in [-0.15, -0.1) is 0 Å². The molecule has 1 heterocycles. The monoisotopic (exact) mass is 297 g/mol. The number of aryl methyl sites for hydroxylation is 1. The smallest absolute Gasteiger partial charge is 0.251 e. The zero-order valence-electron chi connectivity index (χ0n) is 12.8. The molecule has 0 unspecified atom stereocenters. The molecule has 0 saturated heterocycles. The maximum atomic E-state index is 12.4. The molecular weight excluding hydrogens is 278 g/mol. The minimum absolute atomic E-state index is 0.0538. The van der Waals surface area contributed by atoms with Gasteiger partial charge in [0.05, 0.1) is 6.04 Å². The number of benzene rings is 2. The van der Waals surface area contributed by atoms with Crippen molar-refractivity contribution in [2.24, 2.45) is 0 Å². The average molecular weight is 297 g/mol. The first-order chi connectivity index (χ1) is 10.6. The van der Waals surface area contributed by atoms with Gasteiger partial charge in [-0.2, -0.15) is 0 Å². The van der Waals surface area contributed by atoms with Crippen molar-refractivity contribution in [2.45, 2.75) is 19.9 Å². The third-order valence-electron chi connectivity index (χ3n) is 3.81. The summed E-state index contributed by atoms with van der Waals surface area (Å²) in [7, 11) is 0. The molecule has 0 saturated carbocycles. The highest BCUT2D eigenvalue weighted by atomic mass is 16.6. The molecule has 4 nitrogen and oxygen atoms in total. The van der Waals surface area contributed by atoms with Crippen molar-refractivity contribution in [1.29, 1.82) is 0 Å². The Morgan fingerprint density at radius 3 is 2.59 bits per heavy atom. The number of rotatable bonds is 3. The third kappa shape index (κ3) is 2.91. The normalized spacial score (nSPS) is 14.3. The molecule has 0 radical (unpaired) electrons. The van der Waals surface area contributed by atoms with Crippen molar-refractivity contribution in [3.8, 4) is 11.5 Å². The van der Waals surface area contributed by atoms with Crippen LogP contribution in [0, 0.1) is 6.92 Å². The maximum Gasteiger partial charge on any atom is 0.251 e. The van der Waals surface area contributed by atoms with E-state index >= 15 is 0 Å². The highest BCUT2D eigenvalue weighted by Gasteiger charge is 2.17. The first-order valence-electron chi connectivity index (χ1n) is 7.41. The van der Waals surface area contributed by atoms with E-state index in [4.69, 9.17) is 9.47 Å². The van der Waals surface area contributed by atoms with Gasteiger partial charge in [0.25, 0.3) is 5.91 Å². The van der Waals surface area contributed by atoms with Gasteiger partial charge in [-0.05, 0) is 43.2 Å². The lowest BCUT2D eigenvalue weighted by atomic mass is 10.0. The maximum absolute atomic E-state index is 12.4. The largest absolute Gasteiger partial charge is 0.486 e. The summed E-state index contributed by atoms with van der Waals surface area (Å²) in [6.45, 7) is 5.08. The summed E-state index contributed by atoms with van der Waals surface area (Å²) in [6, 6.07) is 13.3. The molecule has 1 N–H and O–H groups in total. The second-order valence-corrected chi connectivity index (χ2v) is 5.41. The van der Waals surface area contributed by atoms with E-state index < -0.39 is 0 Å². The van der Waals surface area contributed by atoms with E-state index in [1.165, 1.54) is 0 Å². The molecule has 3 rings (SSSR count). The Bertz CT molecular complexity index is 696. The number of carbonyl (C=O) groups excluding carboxylic acids is 1. The summed E-state index contributed by atoms with van der Waals surface area (Å²) in [5.41, 5.74) is 2.86. The Hall–Kier alpha value is -2.49. The van der Waals surface area contributed by atoms with Crippen LogP contribution in [0.2, 0.25) is 0 Å². The third-order valence-corrected chi connectivity index (χ3v) is 3.81. The van der Waals surface area contributed by atoms with Crippen LogP contribution < -0.4 is 14.8 Å². The van der Waals surface area contributed by atoms with Gasteiger partial charge < -0.3 is 14.8 Å². The quantitative estimate of drug-likeness (QED) is 0.946. The summed E-state index contributed by atoms with van der Waals surface area (Å²) < 4.78 is 11.0. The van der Waals surface area contributed by atoms with E-state index in [1.807, 2.05) is 38.1 Å². The van der Waals surface area contributed by atoms with Gasteiger partial charge in [-0.3, -0.25) is 4.79 Å². The van der Waals surface area contributed by atoms with Crippen molar-refractivity contribution in [3.63, 3.8) is 0 Å². The topological polar surface area (TPSA) is 47.6 Å². The minimum Gasteiger partial charge on any atom is -0.486 e. The summed E-state index contributed by atoms with van der Waals surface area (Å²) in [6.07, 6.45) is 0. The van der Waals surface area contributed by atoms with Gasteiger partial charge in [0.1, 0.15) is 13.2 Å². The van der Waals surface area contributed by atoms with Crippen LogP contribution >= 0.6 is 0 Å². The van der Waals surface area contributed by atoms with Gasteiger partial charge in [0.15, 0.2) is 11.5 Å². The van der Waals surface area contributed by atoms with Crippen LogP contribution in [0.1, 0.15) is 34.5 Å². The molecule has 1 aliphatic heterocycles. The predicted molar refractivity (Wildman–Crippen MR) is 84.5 cm³/mol. The van der Waals surface area contributed by atoms with Crippen molar-refractivity contribution >= 4 is 5.91 Å². The molecule has 0 fully saturated rings. The van der Waals surface area contributed by atoms with E-state index in [1.54, 1.807) is 18.2 Å². The molecule has 2 aromatic rings. The number of hydrogen-bond acceptors (Lipinski definition) is 3. The Labute approximate surface area is 130 Å². The van der Waals surface area contributed by atoms with E-state index in [0.717, 1.165) is 11.1 Å². The molecule has 2 aromatic carbocycles. The lowest BCUT2D eigenvalue weighted by Crippen LogP contribution is -2.27. The number of fused-ring (bicyclic) bond motifs is 1. The van der Waals surface area contributed by atoms with Crippen molar-refractivity contribution < 1.29 is 14.3 Å². The molecule has 0 aliphatic carbocycles. The van der Waals surface area contributed by atoms with Crippen LogP contribution in [0.5, 0.6) is 11.5 Å². The molecule has 22 heavy (non-hydrogen) atoms. The number of ether oxygens (including phenoxy) is 2. The highest BCUT2D eigenvalue weighted by molar-refractivity contribution is 5.95. The molecule has 1 amide bonds. The van der Waals surface area contributed by atoms with Gasteiger partial charge in [-0.25, -0.2) is 0 Å². The lowest BCUT2D eigenvalue weighted by Gasteiger charge is -2.20. The van der Waals surface area contributed by atoms with Crippen molar-refractivity contribution in [2.75, 3.05) is 13.2 Å². The Balaban J connectivity index is 1.76. The standard InChI is InChI=1S/C18H19NO3/c1-12-5-3-4-6-15(12)13(2)19-18(20)14-7-8-16-17(11-14)22-10-9-21-16/h3-8,11,13H,9-10H2,1-2H3,(H,19,20)/t13-/m1/s1. The summed E-state index contributed by atoms with van der Waals surface area (Å²) in [5, 5.41) is 3.02. The molecule has 1 atom stereocenters. The molecule has 1 aliphatic rings. The van der Waals surface area contributed by atoms with Gasteiger partial charge in [0.2, 0.25) is 0 Å². The minimum atomic E-state index is -0.118. The molecule has 114 valence electrons. The fourth-order valence-corrected chi connectivity index (χ4v) is 2.61. The Kier molecular flexibility index (Phi) is 4.00. The van der Waals surface area contributed by atoms with Crippen LogP contribution in [0.4, 0.5) is 0 Å². The van der Waals surface area contributed by atoms with Crippen LogP contribution in [-0.4, -0.2) is 19.1 Å². The highest BCUT2D eigenvalue weighted by Crippen LogP contribution is 2.30. The summed E-state index contributed by atoms with van der Waals surface area (Å²) in [5.74, 6) is 1.20. The number of amides is 1. The zero-order chi connectivity index (χ0) is 15.5. The van der Waals surface area contributed by atoms with E-state index in [0.29, 0.717) is 30.3 Å². The molecule has 0 spiro atoms. The van der Waals surface area contributed by atoms with E-state index in [9.17, 15) is 4.79 Å². The zero-order valence-corrected chi connectivity index (χ0v) is 12.8. The first-order valence-corrected chi connectivity index (χ1v) is 7.41. The van der Waals surface area contributed by atoms with Gasteiger partial charge >= 0.3 is 0 Å². The molecule has 0 bridgehead atoms. The second kappa shape index (κ2) is 6.10. The molecular formula is C18H19NO3. The van der Waals surface area contributed by atoms with Crippen LogP contribution in [0.15, 0.2) is 42.5 Å². The van der Waals surface area contributed by atoms with Crippen molar-refractivity contribution in [1.82, 2.24) is 5.32 Å². The fraction of sp³-hybridized carbons (Fsp3) is 0.278. The summed E-state index contributed by atoms with van der Waals surface area (Å²) >= 11 is 0. The Morgan fingerprint density at radius 1 is 1.09 bits per heavy atom. The first kappa shape index (κ1) is 14.4. The molecule has 4 heteroatoms. The van der Waals surface area contributed by atoms with E-state index in [2.05, 4.69) is 5.32 Å². The Morgan fingerprint density at radius 2 is 1.82 bits per heavy atom. The van der Waals surface area contributed by atoms with Crippen molar-refractivity contribution in [3.05, 3.63) is 59.2 Å². The van der Waals surface area contributed by atoms with Gasteiger partial charge in [0, 0.05) is 5.56 Å². The fourth-order valence-electron chi connectivity index (χ4n) is 2.61. The van der Waals surface area contributed by atoms with Gasteiger partial charge in [-0.1, -0.05) is 24.3 Å². The SMILES string of the molecule is Cc1ccccc1[C@@H](C)NC(=O)c1ccc2c(c1)OCCO2. The number of hydrogen-bond donors (Lipinski definition) is 1. The van der Waals surface area contributed by atoms with Crippen LogP contribution in [0.3, 0.4) is 0 Å². The number of carbonyl (C=O) groups is 1. The second-order valence-electron chi connectivity index (χ2n) is 5.41. The molecule has 0 aromatic heterocycles. The van der Waals surface area contributed by atoms with Crippen LogP contribution in [0.25, 0.3) is 0 Å². The van der Waals surface area contributed by atoms with Crippen LogP contribution in [-0.2, 0) is 0 Å².